The van der Waals surface area contributed by atoms with Gasteiger partial charge in [0.05, 0.1) is 0 Å². The summed E-state index contributed by atoms with van der Waals surface area (Å²) in [6.45, 7) is 7.22. The van der Waals surface area contributed by atoms with Gasteiger partial charge in [0.1, 0.15) is 0 Å². The second kappa shape index (κ2) is 6.20. The number of sulfonamides is 1. The molecule has 2 rings (SSSR count). The van der Waals surface area contributed by atoms with Gasteiger partial charge in [0.15, 0.2) is 5.03 Å². The van der Waals surface area contributed by atoms with Crippen molar-refractivity contribution in [2.75, 3.05) is 6.54 Å². The first-order chi connectivity index (χ1) is 9.45. The molecule has 1 N–H and O–H groups in total. The first-order valence-corrected chi connectivity index (χ1v) is 8.59. The SMILES string of the molecule is CCN(C1CC1)S(=O)(=O)c1ccc(CNC(C)C)cn1. The first-order valence-electron chi connectivity index (χ1n) is 7.15. The zero-order chi connectivity index (χ0) is 14.8. The molecule has 1 saturated carbocycles. The van der Waals surface area contributed by atoms with Crippen LogP contribution in [0.4, 0.5) is 0 Å². The van der Waals surface area contributed by atoms with E-state index in [0.29, 0.717) is 19.1 Å². The van der Waals surface area contributed by atoms with Crippen LogP contribution in [0.1, 0.15) is 39.2 Å². The van der Waals surface area contributed by atoms with Crippen LogP contribution in [0.25, 0.3) is 0 Å². The Morgan fingerprint density at radius 1 is 1.40 bits per heavy atom. The lowest BCUT2D eigenvalue weighted by Crippen LogP contribution is -2.33. The third-order valence-electron chi connectivity index (χ3n) is 3.35. The van der Waals surface area contributed by atoms with E-state index in [1.807, 2.05) is 13.0 Å². The van der Waals surface area contributed by atoms with Gasteiger partial charge in [0.25, 0.3) is 10.0 Å². The van der Waals surface area contributed by atoms with Gasteiger partial charge in [0.2, 0.25) is 0 Å². The predicted octanol–water partition coefficient (Wildman–Crippen LogP) is 1.75. The molecule has 1 fully saturated rings. The summed E-state index contributed by atoms with van der Waals surface area (Å²) in [5.41, 5.74) is 0.993. The predicted molar refractivity (Wildman–Crippen MR) is 78.8 cm³/mol. The second-order valence-electron chi connectivity index (χ2n) is 5.48. The molecule has 112 valence electrons. The van der Waals surface area contributed by atoms with Crippen LogP contribution in [0.15, 0.2) is 23.4 Å². The minimum absolute atomic E-state index is 0.152. The molecule has 0 saturated heterocycles. The molecular formula is C14H23N3O2S. The lowest BCUT2D eigenvalue weighted by atomic mass is 10.2. The molecule has 1 aliphatic rings. The molecule has 0 bridgehead atoms. The summed E-state index contributed by atoms with van der Waals surface area (Å²) < 4.78 is 26.5. The van der Waals surface area contributed by atoms with Crippen molar-refractivity contribution in [1.29, 1.82) is 0 Å². The summed E-state index contributed by atoms with van der Waals surface area (Å²) in [6, 6.07) is 4.01. The fraction of sp³-hybridized carbons (Fsp3) is 0.643. The first kappa shape index (κ1) is 15.4. The Balaban J connectivity index is 2.12. The van der Waals surface area contributed by atoms with Crippen LogP contribution in [0, 0.1) is 0 Å². The highest BCUT2D eigenvalue weighted by Crippen LogP contribution is 2.31. The maximum absolute atomic E-state index is 12.5. The van der Waals surface area contributed by atoms with Crippen LogP contribution in [0.3, 0.4) is 0 Å². The van der Waals surface area contributed by atoms with Gasteiger partial charge in [-0.2, -0.15) is 4.31 Å². The molecule has 6 heteroatoms. The number of hydrogen-bond acceptors (Lipinski definition) is 4. The van der Waals surface area contributed by atoms with E-state index in [4.69, 9.17) is 0 Å². The van der Waals surface area contributed by atoms with Gasteiger partial charge in [-0.3, -0.25) is 0 Å². The molecule has 5 nitrogen and oxygen atoms in total. The van der Waals surface area contributed by atoms with E-state index in [2.05, 4.69) is 24.1 Å². The van der Waals surface area contributed by atoms with Gasteiger partial charge < -0.3 is 5.32 Å². The molecule has 1 aromatic rings. The second-order valence-corrected chi connectivity index (χ2v) is 7.32. The Labute approximate surface area is 121 Å². The highest BCUT2D eigenvalue weighted by molar-refractivity contribution is 7.89. The normalized spacial score (nSPS) is 16.1. The summed E-state index contributed by atoms with van der Waals surface area (Å²) in [6.07, 6.45) is 3.57. The van der Waals surface area contributed by atoms with Crippen molar-refractivity contribution in [1.82, 2.24) is 14.6 Å². The van der Waals surface area contributed by atoms with E-state index >= 15 is 0 Å². The quantitative estimate of drug-likeness (QED) is 0.833. The largest absolute Gasteiger partial charge is 0.310 e. The van der Waals surface area contributed by atoms with Crippen LogP contribution in [0.2, 0.25) is 0 Å². The van der Waals surface area contributed by atoms with E-state index in [-0.39, 0.29) is 11.1 Å². The summed E-state index contributed by atoms with van der Waals surface area (Å²) in [5.74, 6) is 0. The minimum atomic E-state index is -3.43. The highest BCUT2D eigenvalue weighted by atomic mass is 32.2. The van der Waals surface area contributed by atoms with Crippen LogP contribution < -0.4 is 5.32 Å². The lowest BCUT2D eigenvalue weighted by molar-refractivity contribution is 0.418. The van der Waals surface area contributed by atoms with E-state index in [9.17, 15) is 8.42 Å². The molecule has 0 unspecified atom stereocenters. The van der Waals surface area contributed by atoms with Gasteiger partial charge in [-0.25, -0.2) is 13.4 Å². The summed E-state index contributed by atoms with van der Waals surface area (Å²) in [7, 11) is -3.43. The van der Waals surface area contributed by atoms with E-state index in [1.165, 1.54) is 0 Å². The number of rotatable bonds is 7. The fourth-order valence-electron chi connectivity index (χ4n) is 2.10. The molecule has 0 atom stereocenters. The van der Waals surface area contributed by atoms with Gasteiger partial charge in [0, 0.05) is 31.4 Å². The van der Waals surface area contributed by atoms with Crippen molar-refractivity contribution in [3.05, 3.63) is 23.9 Å². The van der Waals surface area contributed by atoms with Crippen LogP contribution in [-0.4, -0.2) is 36.3 Å². The van der Waals surface area contributed by atoms with Crippen LogP contribution in [0.5, 0.6) is 0 Å². The highest BCUT2D eigenvalue weighted by Gasteiger charge is 2.37. The summed E-state index contributed by atoms with van der Waals surface area (Å²) in [5, 5.41) is 3.43. The van der Waals surface area contributed by atoms with Crippen LogP contribution >= 0.6 is 0 Å². The third-order valence-corrected chi connectivity index (χ3v) is 5.29. The van der Waals surface area contributed by atoms with E-state index < -0.39 is 10.0 Å². The molecule has 0 aliphatic heterocycles. The molecule has 1 heterocycles. The van der Waals surface area contributed by atoms with E-state index in [0.717, 1.165) is 18.4 Å². The number of pyridine rings is 1. The Morgan fingerprint density at radius 2 is 2.10 bits per heavy atom. The maximum atomic E-state index is 12.5. The molecule has 0 spiro atoms. The van der Waals surface area contributed by atoms with Gasteiger partial charge in [-0.05, 0) is 24.5 Å². The zero-order valence-electron chi connectivity index (χ0n) is 12.3. The Bertz CT molecular complexity index is 536. The minimum Gasteiger partial charge on any atom is -0.310 e. The maximum Gasteiger partial charge on any atom is 0.260 e. The zero-order valence-corrected chi connectivity index (χ0v) is 13.2. The van der Waals surface area contributed by atoms with Crippen molar-refractivity contribution in [2.45, 2.75) is 57.3 Å². The Morgan fingerprint density at radius 3 is 2.55 bits per heavy atom. The standard InChI is InChI=1S/C14H23N3O2S/c1-4-17(13-6-7-13)20(18,19)14-8-5-12(10-16-14)9-15-11(2)3/h5,8,10-11,13,15H,4,6-7,9H2,1-3H3. The molecule has 20 heavy (non-hydrogen) atoms. The number of hydrogen-bond donors (Lipinski definition) is 1. The molecule has 0 aromatic carbocycles. The topological polar surface area (TPSA) is 62.3 Å². The molecule has 0 amide bonds. The van der Waals surface area contributed by atoms with Crippen molar-refractivity contribution in [3.63, 3.8) is 0 Å². The molecule has 0 radical (unpaired) electrons. The number of aromatic nitrogens is 1. The summed E-state index contributed by atoms with van der Waals surface area (Å²) in [4.78, 5) is 4.14. The molecule has 1 aromatic heterocycles. The van der Waals surface area contributed by atoms with Crippen molar-refractivity contribution in [3.8, 4) is 0 Å². The smallest absolute Gasteiger partial charge is 0.260 e. The third kappa shape index (κ3) is 3.56. The molecule has 1 aliphatic carbocycles. The summed E-state index contributed by atoms with van der Waals surface area (Å²) >= 11 is 0. The van der Waals surface area contributed by atoms with Gasteiger partial charge in [-0.1, -0.05) is 26.8 Å². The number of nitrogens with zero attached hydrogens (tertiary/aromatic N) is 2. The van der Waals surface area contributed by atoms with Crippen molar-refractivity contribution in [2.24, 2.45) is 0 Å². The van der Waals surface area contributed by atoms with Crippen molar-refractivity contribution < 1.29 is 8.42 Å². The van der Waals surface area contributed by atoms with Gasteiger partial charge >= 0.3 is 0 Å². The van der Waals surface area contributed by atoms with Crippen LogP contribution in [-0.2, 0) is 16.6 Å². The monoisotopic (exact) mass is 297 g/mol. The molecular weight excluding hydrogens is 274 g/mol. The van der Waals surface area contributed by atoms with Crippen molar-refractivity contribution >= 4 is 10.0 Å². The fourth-order valence-corrected chi connectivity index (χ4v) is 3.71. The number of nitrogens with one attached hydrogen (secondary N) is 1. The average molecular weight is 297 g/mol. The Hall–Kier alpha value is -0.980. The lowest BCUT2D eigenvalue weighted by Gasteiger charge is -2.19. The van der Waals surface area contributed by atoms with E-state index in [1.54, 1.807) is 16.6 Å². The average Bonchev–Trinajstić information content (AvgIpc) is 3.22. The van der Waals surface area contributed by atoms with Gasteiger partial charge in [-0.15, -0.1) is 0 Å². The Kier molecular flexibility index (Phi) is 4.78.